The average molecular weight is 901 g/mol. The molecule has 5 atom stereocenters. The summed E-state index contributed by atoms with van der Waals surface area (Å²) in [6.45, 7) is 12.8. The van der Waals surface area contributed by atoms with Gasteiger partial charge in [-0.25, -0.2) is 22.8 Å². The smallest absolute Gasteiger partial charge is 0.419 e. The molecule has 2 aromatic carbocycles. The third-order valence-corrected chi connectivity index (χ3v) is 14.3. The Labute approximate surface area is 360 Å². The van der Waals surface area contributed by atoms with Crippen LogP contribution in [0, 0.1) is 24.6 Å². The maximum atomic E-state index is 14.7. The molecule has 13 nitrogen and oxygen atoms in total. The molecule has 3 heterocycles. The van der Waals surface area contributed by atoms with Crippen LogP contribution in [0.1, 0.15) is 76.1 Å². The molecule has 0 radical (unpaired) electrons. The first-order valence-electron chi connectivity index (χ1n) is 20.2. The number of nitrogens with zero attached hydrogens (tertiary/aromatic N) is 3. The summed E-state index contributed by atoms with van der Waals surface area (Å²) >= 11 is 1.41. The highest BCUT2D eigenvalue weighted by Crippen LogP contribution is 2.46. The van der Waals surface area contributed by atoms with Gasteiger partial charge in [0.25, 0.3) is 5.91 Å². The molecule has 19 heteroatoms. The summed E-state index contributed by atoms with van der Waals surface area (Å²) in [7, 11) is -2.44. The Morgan fingerprint density at radius 2 is 1.79 bits per heavy atom. The quantitative estimate of drug-likeness (QED) is 0.0826. The maximum Gasteiger partial charge on any atom is 0.419 e. The van der Waals surface area contributed by atoms with E-state index in [2.05, 4.69) is 21.9 Å². The molecule has 3 fully saturated rings. The predicted octanol–water partition coefficient (Wildman–Crippen LogP) is 7.11. The molecule has 3 amide bonds. The van der Waals surface area contributed by atoms with Crippen LogP contribution in [-0.4, -0.2) is 83.6 Å². The number of nitrogens with one attached hydrogen (secondary N) is 3. The predicted molar refractivity (Wildman–Crippen MR) is 226 cm³/mol. The number of pyridine rings is 1. The molecule has 1 aliphatic heterocycles. The van der Waals surface area contributed by atoms with E-state index in [1.165, 1.54) is 22.3 Å². The maximum absolute atomic E-state index is 14.7. The summed E-state index contributed by atoms with van der Waals surface area (Å²) in [5.41, 5.74) is -0.673. The normalized spacial score (nSPS) is 21.8. The van der Waals surface area contributed by atoms with Gasteiger partial charge in [0, 0.05) is 40.4 Å². The van der Waals surface area contributed by atoms with Crippen molar-refractivity contribution >= 4 is 55.7 Å². The second kappa shape index (κ2) is 16.8. The van der Waals surface area contributed by atoms with Crippen LogP contribution in [0.3, 0.4) is 0 Å². The zero-order valence-electron chi connectivity index (χ0n) is 34.9. The van der Waals surface area contributed by atoms with Gasteiger partial charge in [0.2, 0.25) is 21.8 Å². The Kier molecular flexibility index (Phi) is 12.1. The average Bonchev–Trinajstić information content (AvgIpc) is 4.09. The van der Waals surface area contributed by atoms with Gasteiger partial charge in [-0.05, 0) is 68.4 Å². The van der Waals surface area contributed by atoms with Gasteiger partial charge in [0.1, 0.15) is 51.7 Å². The van der Waals surface area contributed by atoms with E-state index in [9.17, 15) is 40.4 Å². The first kappa shape index (κ1) is 44.7. The Hall–Kier alpha value is -5.30. The van der Waals surface area contributed by atoms with E-state index in [1.807, 2.05) is 26.2 Å². The standard InChI is InChI=1S/C43H48F4N6O7S2/c1-8-24-18-42(24,41(56)52-62(57,58)27-10-11-27)51-38(54)33-16-26(19-53(33)40(55)36(22(4)5)48-25-9-13-30(44)29(15-25)43(45,46)47)60-35-17-31(39-50-32(20-61-39)21(2)3)49-37-23(6)34(59-7)14-12-28(35)37/h8-9,12-15,17,20-22,24,26-27,33,36,48H,1,10-11,16,18-19H2,2-7H3,(H,51,54)(H,52,56). The summed E-state index contributed by atoms with van der Waals surface area (Å²) in [6, 6.07) is 5.09. The van der Waals surface area contributed by atoms with Crippen molar-refractivity contribution in [1.29, 1.82) is 0 Å². The van der Waals surface area contributed by atoms with Crippen LogP contribution in [0.25, 0.3) is 21.6 Å². The first-order valence-corrected chi connectivity index (χ1v) is 22.6. The van der Waals surface area contributed by atoms with Crippen molar-refractivity contribution in [2.75, 3.05) is 19.0 Å². The molecule has 5 unspecified atom stereocenters. The molecule has 1 saturated heterocycles. The Balaban J connectivity index is 1.25. The zero-order valence-corrected chi connectivity index (χ0v) is 36.6. The molecule has 62 heavy (non-hydrogen) atoms. The van der Waals surface area contributed by atoms with E-state index in [4.69, 9.17) is 19.4 Å². The van der Waals surface area contributed by atoms with Crippen molar-refractivity contribution in [1.82, 2.24) is 24.9 Å². The number of aryl methyl sites for hydroxylation is 1. The molecule has 4 aromatic rings. The monoisotopic (exact) mass is 900 g/mol. The zero-order chi connectivity index (χ0) is 45.1. The third-order valence-electron chi connectivity index (χ3n) is 11.6. The SMILES string of the molecule is C=CC1CC1(NC(=O)C1CC(Oc2cc(-c3nc(C(C)C)cs3)nc3c(C)c(OC)ccc23)CN1C(=O)C(Nc1ccc(F)c(C(F)(F)F)c1)C(C)C)C(=O)NS(=O)(=O)C1CC1. The number of carbonyl (C=O) groups excluding carboxylic acids is 3. The molecule has 2 aromatic heterocycles. The number of thiazole rings is 1. The molecular formula is C43H48F4N6O7S2. The van der Waals surface area contributed by atoms with Crippen LogP contribution >= 0.6 is 11.3 Å². The van der Waals surface area contributed by atoms with Gasteiger partial charge in [-0.15, -0.1) is 17.9 Å². The Bertz CT molecular complexity index is 2540. The van der Waals surface area contributed by atoms with Gasteiger partial charge in [0.05, 0.1) is 35.7 Å². The third kappa shape index (κ3) is 8.82. The lowest BCUT2D eigenvalue weighted by Gasteiger charge is -2.32. The number of amides is 3. The van der Waals surface area contributed by atoms with Crippen molar-refractivity contribution in [3.63, 3.8) is 0 Å². The summed E-state index contributed by atoms with van der Waals surface area (Å²) in [5, 5.41) is 8.07. The number of fused-ring (bicyclic) bond motifs is 1. The first-order chi connectivity index (χ1) is 29.2. The number of hydrogen-bond acceptors (Lipinski definition) is 11. The number of likely N-dealkylation sites (tertiary alicyclic amines) is 1. The fourth-order valence-electron chi connectivity index (χ4n) is 7.75. The van der Waals surface area contributed by atoms with E-state index >= 15 is 0 Å². The van der Waals surface area contributed by atoms with Crippen LogP contribution in [0.4, 0.5) is 23.2 Å². The highest BCUT2D eigenvalue weighted by molar-refractivity contribution is 7.91. The van der Waals surface area contributed by atoms with Gasteiger partial charge < -0.3 is 25.0 Å². The minimum absolute atomic E-state index is 0.0566. The number of anilines is 1. The topological polar surface area (TPSA) is 169 Å². The van der Waals surface area contributed by atoms with Crippen molar-refractivity contribution in [3.05, 3.63) is 77.1 Å². The second-order valence-corrected chi connectivity index (χ2v) is 19.6. The number of alkyl halides is 3. The van der Waals surface area contributed by atoms with Gasteiger partial charge in [0.15, 0.2) is 0 Å². The number of aromatic nitrogens is 2. The van der Waals surface area contributed by atoms with Crippen LogP contribution in [0.15, 0.2) is 54.4 Å². The Morgan fingerprint density at radius 3 is 2.39 bits per heavy atom. The second-order valence-electron chi connectivity index (χ2n) is 16.7. The number of methoxy groups -OCH3 is 1. The minimum atomic E-state index is -5.01. The molecular weight excluding hydrogens is 853 g/mol. The summed E-state index contributed by atoms with van der Waals surface area (Å²) in [5.74, 6) is -3.93. The van der Waals surface area contributed by atoms with Crippen LogP contribution in [0.2, 0.25) is 0 Å². The van der Waals surface area contributed by atoms with Crippen molar-refractivity contribution in [2.45, 2.75) is 101 Å². The van der Waals surface area contributed by atoms with Crippen molar-refractivity contribution in [2.24, 2.45) is 11.8 Å². The number of hydrogen-bond donors (Lipinski definition) is 3. The Morgan fingerprint density at radius 1 is 1.06 bits per heavy atom. The van der Waals surface area contributed by atoms with E-state index in [0.29, 0.717) is 58.1 Å². The molecule has 2 aliphatic carbocycles. The molecule has 3 N–H and O–H groups in total. The van der Waals surface area contributed by atoms with E-state index < -0.39 is 86.1 Å². The van der Waals surface area contributed by atoms with Gasteiger partial charge in [-0.3, -0.25) is 19.1 Å². The number of benzene rings is 2. The molecule has 332 valence electrons. The van der Waals surface area contributed by atoms with Crippen molar-refractivity contribution < 1.29 is 49.8 Å². The van der Waals surface area contributed by atoms with E-state index in [1.54, 1.807) is 39.2 Å². The number of carbonyl (C=O) groups is 3. The van der Waals surface area contributed by atoms with Gasteiger partial charge in [-0.1, -0.05) is 33.8 Å². The largest absolute Gasteiger partial charge is 0.496 e. The molecule has 2 saturated carbocycles. The van der Waals surface area contributed by atoms with E-state index in [0.717, 1.165) is 17.3 Å². The fourth-order valence-corrected chi connectivity index (χ4v) is 10.1. The summed E-state index contributed by atoms with van der Waals surface area (Å²) in [4.78, 5) is 53.8. The highest BCUT2D eigenvalue weighted by atomic mass is 32.2. The lowest BCUT2D eigenvalue weighted by Crippen LogP contribution is -2.58. The minimum Gasteiger partial charge on any atom is -0.496 e. The van der Waals surface area contributed by atoms with Crippen LogP contribution in [0.5, 0.6) is 11.5 Å². The number of ether oxygens (including phenoxy) is 2. The van der Waals surface area contributed by atoms with Gasteiger partial charge >= 0.3 is 6.18 Å². The fraction of sp³-hybridized carbons (Fsp3) is 0.465. The number of halogens is 4. The van der Waals surface area contributed by atoms with Crippen LogP contribution in [-0.2, 0) is 30.6 Å². The number of sulfonamides is 1. The van der Waals surface area contributed by atoms with Gasteiger partial charge in [-0.2, -0.15) is 13.2 Å². The summed E-state index contributed by atoms with van der Waals surface area (Å²) in [6.07, 6.45) is -3.67. The lowest BCUT2D eigenvalue weighted by atomic mass is 10.0. The summed E-state index contributed by atoms with van der Waals surface area (Å²) < 4.78 is 95.4. The lowest BCUT2D eigenvalue weighted by molar-refractivity contribution is -0.140. The van der Waals surface area contributed by atoms with Crippen LogP contribution < -0.4 is 24.8 Å². The number of rotatable bonds is 15. The molecule has 0 bridgehead atoms. The molecule has 3 aliphatic rings. The highest BCUT2D eigenvalue weighted by Gasteiger charge is 2.62. The van der Waals surface area contributed by atoms with E-state index in [-0.39, 0.29) is 31.0 Å². The molecule has 7 rings (SSSR count). The van der Waals surface area contributed by atoms with Crippen molar-refractivity contribution in [3.8, 4) is 22.2 Å². The molecule has 0 spiro atoms.